The first kappa shape index (κ1) is 24.5. The summed E-state index contributed by atoms with van der Waals surface area (Å²) in [5.74, 6) is 0.360. The number of benzene rings is 1. The van der Waals surface area contributed by atoms with Gasteiger partial charge in [0.25, 0.3) is 5.56 Å². The number of hydrogen-bond acceptors (Lipinski definition) is 6. The topological polar surface area (TPSA) is 80.6 Å². The molecule has 2 aliphatic heterocycles. The fourth-order valence-electron chi connectivity index (χ4n) is 4.54. The second-order valence-electron chi connectivity index (χ2n) is 8.77. The van der Waals surface area contributed by atoms with E-state index in [0.717, 1.165) is 44.6 Å². The van der Waals surface area contributed by atoms with E-state index >= 15 is 0 Å². The number of pyridine rings is 1. The number of aromatic nitrogens is 1. The number of thioether (sulfide) groups is 1. The van der Waals surface area contributed by atoms with Crippen LogP contribution in [0.3, 0.4) is 0 Å². The van der Waals surface area contributed by atoms with Gasteiger partial charge in [-0.15, -0.1) is 0 Å². The van der Waals surface area contributed by atoms with Gasteiger partial charge in [0, 0.05) is 43.0 Å². The lowest BCUT2D eigenvalue weighted by Gasteiger charge is -2.43. The van der Waals surface area contributed by atoms with Crippen molar-refractivity contribution in [1.29, 1.82) is 0 Å². The van der Waals surface area contributed by atoms with Gasteiger partial charge in [0.1, 0.15) is 4.32 Å². The Bertz CT molecular complexity index is 1120. The Morgan fingerprint density at radius 3 is 2.71 bits per heavy atom. The first-order valence-corrected chi connectivity index (χ1v) is 13.0. The molecule has 1 amide bonds. The van der Waals surface area contributed by atoms with E-state index in [1.54, 1.807) is 30.3 Å². The van der Waals surface area contributed by atoms with Crippen molar-refractivity contribution in [2.75, 3.05) is 30.8 Å². The fraction of sp³-hybridized carbons (Fsp3) is 0.440. The van der Waals surface area contributed by atoms with Crippen LogP contribution in [0.4, 0.5) is 5.69 Å². The van der Waals surface area contributed by atoms with Gasteiger partial charge in [-0.25, -0.2) is 4.79 Å². The summed E-state index contributed by atoms with van der Waals surface area (Å²) in [7, 11) is 0. The molecule has 2 atom stereocenters. The van der Waals surface area contributed by atoms with Crippen LogP contribution < -0.4 is 10.9 Å². The van der Waals surface area contributed by atoms with E-state index in [0.29, 0.717) is 28.1 Å². The summed E-state index contributed by atoms with van der Waals surface area (Å²) < 4.78 is 7.81. The number of likely N-dealkylation sites (tertiary alicyclic amines) is 1. The van der Waals surface area contributed by atoms with E-state index in [4.69, 9.17) is 17.0 Å². The second-order valence-corrected chi connectivity index (χ2v) is 10.4. The van der Waals surface area contributed by atoms with Gasteiger partial charge in [0.2, 0.25) is 5.91 Å². The third-order valence-corrected chi connectivity index (χ3v) is 7.72. The van der Waals surface area contributed by atoms with E-state index in [1.807, 2.05) is 23.6 Å². The van der Waals surface area contributed by atoms with Crippen molar-refractivity contribution in [2.24, 2.45) is 5.92 Å². The lowest BCUT2D eigenvalue weighted by molar-refractivity contribution is -0.113. The molecule has 0 aliphatic carbocycles. The molecule has 2 aliphatic rings. The van der Waals surface area contributed by atoms with E-state index < -0.39 is 0 Å². The number of fused-ring (bicyclic) bond motifs is 4. The number of ether oxygens (including phenoxy) is 1. The second kappa shape index (κ2) is 11.2. The minimum atomic E-state index is -0.356. The Hall–Kier alpha value is -2.65. The molecule has 4 rings (SSSR count). The highest BCUT2D eigenvalue weighted by Gasteiger charge is 2.35. The zero-order valence-electron chi connectivity index (χ0n) is 19.2. The number of nitrogens with zero attached hydrogens (tertiary/aromatic N) is 2. The average Bonchev–Trinajstić information content (AvgIpc) is 2.83. The fourth-order valence-corrected chi connectivity index (χ4v) is 5.53. The highest BCUT2D eigenvalue weighted by molar-refractivity contribution is 8.23. The van der Waals surface area contributed by atoms with Crippen molar-refractivity contribution in [2.45, 2.75) is 38.6 Å². The molecular weight excluding hydrogens is 470 g/mol. The van der Waals surface area contributed by atoms with E-state index in [-0.39, 0.29) is 29.1 Å². The summed E-state index contributed by atoms with van der Waals surface area (Å²) in [6.07, 6.45) is 2.87. The normalized spacial score (nSPS) is 18.7. The SMILES string of the molecule is CCCCOC(=O)c1ccc(NC(=O)CSC(=S)N2C[C@H]3C[C@@H](C2)c2cccc(=O)n2C3)cc1. The molecule has 3 heterocycles. The van der Waals surface area contributed by atoms with Crippen LogP contribution in [0.2, 0.25) is 0 Å². The summed E-state index contributed by atoms with van der Waals surface area (Å²) in [6, 6.07) is 12.2. The number of esters is 1. The molecule has 2 aromatic rings. The summed E-state index contributed by atoms with van der Waals surface area (Å²) in [5.41, 5.74) is 2.23. The van der Waals surface area contributed by atoms with Crippen LogP contribution in [-0.4, -0.2) is 51.1 Å². The van der Waals surface area contributed by atoms with Crippen molar-refractivity contribution >= 4 is 45.9 Å². The zero-order valence-corrected chi connectivity index (χ0v) is 20.8. The van der Waals surface area contributed by atoms with Gasteiger partial charge >= 0.3 is 5.97 Å². The maximum Gasteiger partial charge on any atom is 0.338 e. The lowest BCUT2D eigenvalue weighted by Crippen LogP contribution is -2.48. The van der Waals surface area contributed by atoms with Crippen LogP contribution in [0.5, 0.6) is 0 Å². The average molecular weight is 500 g/mol. The highest BCUT2D eigenvalue weighted by atomic mass is 32.2. The number of hydrogen-bond donors (Lipinski definition) is 1. The van der Waals surface area contributed by atoms with Crippen LogP contribution in [0, 0.1) is 5.92 Å². The van der Waals surface area contributed by atoms with Crippen LogP contribution in [-0.2, 0) is 16.1 Å². The van der Waals surface area contributed by atoms with E-state index in [1.165, 1.54) is 11.8 Å². The first-order valence-electron chi connectivity index (χ1n) is 11.6. The Morgan fingerprint density at radius 1 is 1.15 bits per heavy atom. The maximum atomic E-state index is 12.5. The Balaban J connectivity index is 1.26. The van der Waals surface area contributed by atoms with E-state index in [9.17, 15) is 14.4 Å². The number of carbonyl (C=O) groups excluding carboxylic acids is 2. The zero-order chi connectivity index (χ0) is 24.1. The van der Waals surface area contributed by atoms with Crippen molar-refractivity contribution in [1.82, 2.24) is 9.47 Å². The molecule has 7 nitrogen and oxygen atoms in total. The predicted molar refractivity (Wildman–Crippen MR) is 138 cm³/mol. The van der Waals surface area contributed by atoms with Gasteiger partial charge in [-0.2, -0.15) is 0 Å². The van der Waals surface area contributed by atoms with Gasteiger partial charge in [0.15, 0.2) is 0 Å². The molecule has 1 saturated heterocycles. The highest BCUT2D eigenvalue weighted by Crippen LogP contribution is 2.36. The van der Waals surface area contributed by atoms with Crippen LogP contribution >= 0.6 is 24.0 Å². The lowest BCUT2D eigenvalue weighted by atomic mass is 9.83. The number of amides is 1. The maximum absolute atomic E-state index is 12.5. The molecule has 0 saturated carbocycles. The van der Waals surface area contributed by atoms with Crippen molar-refractivity contribution < 1.29 is 14.3 Å². The van der Waals surface area contributed by atoms with Gasteiger partial charge in [0.05, 0.1) is 17.9 Å². The largest absolute Gasteiger partial charge is 0.462 e. The van der Waals surface area contributed by atoms with Crippen LogP contribution in [0.25, 0.3) is 0 Å². The van der Waals surface area contributed by atoms with Crippen LogP contribution in [0.15, 0.2) is 47.3 Å². The Labute approximate surface area is 208 Å². The molecule has 2 bridgehead atoms. The molecule has 0 radical (unpaired) electrons. The smallest absolute Gasteiger partial charge is 0.338 e. The summed E-state index contributed by atoms with van der Waals surface area (Å²) in [5, 5.41) is 2.85. The molecule has 1 fully saturated rings. The van der Waals surface area contributed by atoms with Gasteiger partial charge < -0.3 is 19.5 Å². The Kier molecular flexibility index (Phi) is 8.05. The minimum Gasteiger partial charge on any atom is -0.462 e. The van der Waals surface area contributed by atoms with Gasteiger partial charge in [-0.3, -0.25) is 9.59 Å². The molecule has 0 spiro atoms. The first-order chi connectivity index (χ1) is 16.4. The molecule has 1 N–H and O–H groups in total. The molecular formula is C25H29N3O4S2. The van der Waals surface area contributed by atoms with E-state index in [2.05, 4.69) is 10.2 Å². The standard InChI is InChI=1S/C25H29N3O4S2/c1-2-3-11-32-24(31)18-7-9-20(10-8-18)26-22(29)16-34-25(33)27-13-17-12-19(15-27)21-5-4-6-23(30)28(21)14-17/h4-10,17,19H,2-3,11-16H2,1H3,(H,26,29)/t17-,19+/m1/s1. The summed E-state index contributed by atoms with van der Waals surface area (Å²) >= 11 is 6.99. The Morgan fingerprint density at radius 2 is 1.94 bits per heavy atom. The number of thiocarbonyl (C=S) groups is 1. The van der Waals surface area contributed by atoms with Gasteiger partial charge in [-0.1, -0.05) is 43.4 Å². The van der Waals surface area contributed by atoms with Crippen LogP contribution in [0.1, 0.15) is 48.2 Å². The minimum absolute atomic E-state index is 0.0655. The molecule has 180 valence electrons. The molecule has 34 heavy (non-hydrogen) atoms. The number of anilines is 1. The molecule has 0 unspecified atom stereocenters. The molecule has 1 aromatic heterocycles. The third kappa shape index (κ3) is 5.88. The predicted octanol–water partition coefficient (Wildman–Crippen LogP) is 3.88. The van der Waals surface area contributed by atoms with Crippen molar-refractivity contribution in [3.05, 3.63) is 64.1 Å². The summed E-state index contributed by atoms with van der Waals surface area (Å²) in [6.45, 7) is 4.74. The number of rotatable bonds is 7. The van der Waals surface area contributed by atoms with Gasteiger partial charge in [-0.05, 0) is 49.1 Å². The van der Waals surface area contributed by atoms with Crippen molar-refractivity contribution in [3.63, 3.8) is 0 Å². The summed E-state index contributed by atoms with van der Waals surface area (Å²) in [4.78, 5) is 38.8. The number of nitrogens with one attached hydrogen (secondary N) is 1. The third-order valence-electron chi connectivity index (χ3n) is 6.20. The number of unbranched alkanes of at least 4 members (excludes halogenated alkanes) is 1. The van der Waals surface area contributed by atoms with Crippen molar-refractivity contribution in [3.8, 4) is 0 Å². The number of piperidine rings is 1. The molecule has 1 aromatic carbocycles. The number of carbonyl (C=O) groups is 2. The quantitative estimate of drug-likeness (QED) is 0.352. The monoisotopic (exact) mass is 499 g/mol. The molecule has 9 heteroatoms.